The Morgan fingerprint density at radius 2 is 1.85 bits per heavy atom. The number of Topliss-reactive ketones (excluding diaryl/α,β-unsaturated/α-hetero) is 1. The SMILES string of the molecule is CC1=CCC(C)(C)C=CC[C@@]2(C)OC3=C(C[C@@H]2CC1)[C@@]1(C)[C@@H]2C[C@@](C)(C(=O)O)C[C@@H]2C[C@H]1C3=O. The normalized spacial score (nSPS) is 45.5. The number of carboxylic acid groups (broad SMARTS) is 1. The summed E-state index contributed by atoms with van der Waals surface area (Å²) >= 11 is 0. The Balaban J connectivity index is 1.50. The van der Waals surface area contributed by atoms with Crippen LogP contribution in [0.2, 0.25) is 0 Å². The molecule has 5 rings (SSSR count). The fourth-order valence-corrected chi connectivity index (χ4v) is 8.19. The van der Waals surface area contributed by atoms with Crippen molar-refractivity contribution in [1.82, 2.24) is 0 Å². The van der Waals surface area contributed by atoms with Crippen LogP contribution < -0.4 is 0 Å². The molecule has 7 atom stereocenters. The quantitative estimate of drug-likeness (QED) is 0.429. The molecule has 0 unspecified atom stereocenters. The number of allylic oxidation sites excluding steroid dienone is 5. The van der Waals surface area contributed by atoms with Crippen LogP contribution in [0, 0.1) is 39.9 Å². The lowest BCUT2D eigenvalue weighted by molar-refractivity contribution is -0.148. The summed E-state index contributed by atoms with van der Waals surface area (Å²) in [4.78, 5) is 25.8. The first-order valence-corrected chi connectivity index (χ1v) is 13.3. The predicted octanol–water partition coefficient (Wildman–Crippen LogP) is 6.86. The molecule has 0 saturated heterocycles. The highest BCUT2D eigenvalue weighted by atomic mass is 16.5. The number of hydrogen-bond donors (Lipinski definition) is 1. The molecule has 5 aliphatic rings. The van der Waals surface area contributed by atoms with Crippen LogP contribution >= 0.6 is 0 Å². The fraction of sp³-hybridized carbons (Fsp3) is 0.733. The maximum atomic E-state index is 13.7. The third-order valence-corrected chi connectivity index (χ3v) is 10.6. The van der Waals surface area contributed by atoms with Gasteiger partial charge in [-0.15, -0.1) is 0 Å². The number of carboxylic acids is 1. The van der Waals surface area contributed by atoms with Gasteiger partial charge in [-0.25, -0.2) is 0 Å². The molecule has 0 aromatic carbocycles. The zero-order valence-electron chi connectivity index (χ0n) is 21.9. The lowest BCUT2D eigenvalue weighted by Gasteiger charge is -2.45. The van der Waals surface area contributed by atoms with Gasteiger partial charge >= 0.3 is 5.97 Å². The summed E-state index contributed by atoms with van der Waals surface area (Å²) in [6.45, 7) is 13.2. The maximum absolute atomic E-state index is 13.7. The molecule has 2 saturated carbocycles. The highest BCUT2D eigenvalue weighted by Gasteiger charge is 2.68. The monoisotopic (exact) mass is 466 g/mol. The molecule has 186 valence electrons. The number of ketones is 1. The second-order valence-electron chi connectivity index (χ2n) is 13.6. The van der Waals surface area contributed by atoms with Gasteiger partial charge < -0.3 is 9.84 Å². The molecule has 1 N–H and O–H groups in total. The van der Waals surface area contributed by atoms with Crippen molar-refractivity contribution in [1.29, 1.82) is 0 Å². The largest absolute Gasteiger partial charge is 0.483 e. The predicted molar refractivity (Wildman–Crippen MR) is 133 cm³/mol. The van der Waals surface area contributed by atoms with E-state index < -0.39 is 11.4 Å². The Bertz CT molecular complexity index is 1010. The molecular weight excluding hydrogens is 424 g/mol. The molecule has 4 nitrogen and oxygen atoms in total. The van der Waals surface area contributed by atoms with Gasteiger partial charge in [0.05, 0.1) is 5.41 Å². The van der Waals surface area contributed by atoms with Crippen LogP contribution in [0.1, 0.15) is 92.9 Å². The summed E-state index contributed by atoms with van der Waals surface area (Å²) in [5.41, 5.74) is 1.46. The van der Waals surface area contributed by atoms with E-state index in [0.29, 0.717) is 30.4 Å². The van der Waals surface area contributed by atoms with Crippen molar-refractivity contribution in [2.45, 2.75) is 98.5 Å². The van der Waals surface area contributed by atoms with Gasteiger partial charge in [0.1, 0.15) is 5.60 Å². The Morgan fingerprint density at radius 1 is 1.12 bits per heavy atom. The van der Waals surface area contributed by atoms with Crippen molar-refractivity contribution >= 4 is 11.8 Å². The van der Waals surface area contributed by atoms with E-state index in [9.17, 15) is 14.7 Å². The van der Waals surface area contributed by atoms with Gasteiger partial charge in [-0.05, 0) is 88.5 Å². The summed E-state index contributed by atoms with van der Waals surface area (Å²) in [6, 6.07) is 0. The van der Waals surface area contributed by atoms with Crippen LogP contribution in [0.3, 0.4) is 0 Å². The zero-order valence-corrected chi connectivity index (χ0v) is 21.9. The van der Waals surface area contributed by atoms with Crippen molar-refractivity contribution in [3.63, 3.8) is 0 Å². The highest BCUT2D eigenvalue weighted by molar-refractivity contribution is 6.01. The van der Waals surface area contributed by atoms with E-state index >= 15 is 0 Å². The minimum absolute atomic E-state index is 0.0381. The van der Waals surface area contributed by atoms with E-state index in [-0.39, 0.29) is 34.1 Å². The van der Waals surface area contributed by atoms with E-state index in [2.05, 4.69) is 52.8 Å². The second kappa shape index (κ2) is 7.58. The van der Waals surface area contributed by atoms with Gasteiger partial charge in [0.15, 0.2) is 5.76 Å². The van der Waals surface area contributed by atoms with Crippen molar-refractivity contribution in [2.75, 3.05) is 0 Å². The first kappa shape index (κ1) is 23.9. The summed E-state index contributed by atoms with van der Waals surface area (Å²) < 4.78 is 6.78. The smallest absolute Gasteiger partial charge is 0.309 e. The van der Waals surface area contributed by atoms with E-state index in [1.54, 1.807) is 0 Å². The molecule has 0 amide bonds. The van der Waals surface area contributed by atoms with Crippen molar-refractivity contribution in [2.24, 2.45) is 39.9 Å². The Labute approximate surface area is 204 Å². The van der Waals surface area contributed by atoms with Gasteiger partial charge in [-0.3, -0.25) is 9.59 Å². The fourth-order valence-electron chi connectivity index (χ4n) is 8.19. The summed E-state index contributed by atoms with van der Waals surface area (Å²) in [5, 5.41) is 9.90. The Morgan fingerprint density at radius 3 is 2.56 bits per heavy atom. The highest BCUT2D eigenvalue weighted by Crippen LogP contribution is 2.70. The van der Waals surface area contributed by atoms with Crippen molar-refractivity contribution < 1.29 is 19.4 Å². The standard InChI is InChI=1S/C30H42O4/c1-18-8-9-20-15-22-25(34-29(20,5)12-7-11-27(2,3)13-10-18)24(31)21-14-19-16-28(4,26(32)33)17-23(19)30(21,22)6/h7,10-11,19-21,23H,8-9,12-17H2,1-6H3,(H,32,33)/t19-,20-,21-,23+,28-,29+,30-/m0/s1. The summed E-state index contributed by atoms with van der Waals surface area (Å²) in [6.07, 6.45) is 14.0. The molecular formula is C30H42O4. The van der Waals surface area contributed by atoms with Crippen LogP contribution in [0.15, 0.2) is 35.1 Å². The van der Waals surface area contributed by atoms with Crippen molar-refractivity contribution in [3.8, 4) is 0 Å². The molecule has 0 aromatic rings. The van der Waals surface area contributed by atoms with Crippen LogP contribution in [0.4, 0.5) is 0 Å². The summed E-state index contributed by atoms with van der Waals surface area (Å²) in [5.74, 6) is 1.03. The minimum Gasteiger partial charge on any atom is -0.483 e. The molecule has 1 heterocycles. The first-order chi connectivity index (χ1) is 15.8. The number of ether oxygens (including phenoxy) is 1. The van der Waals surface area contributed by atoms with E-state index in [4.69, 9.17) is 4.74 Å². The average molecular weight is 467 g/mol. The zero-order chi connectivity index (χ0) is 24.7. The molecule has 1 aliphatic heterocycles. The third kappa shape index (κ3) is 3.45. The minimum atomic E-state index is -0.687. The molecule has 0 aromatic heterocycles. The van der Waals surface area contributed by atoms with Gasteiger partial charge in [-0.2, -0.15) is 0 Å². The number of aliphatic carboxylic acids is 1. The molecule has 0 radical (unpaired) electrons. The van der Waals surface area contributed by atoms with Crippen molar-refractivity contribution in [3.05, 3.63) is 35.1 Å². The van der Waals surface area contributed by atoms with Gasteiger partial charge in [-0.1, -0.05) is 44.6 Å². The van der Waals surface area contributed by atoms with E-state index in [0.717, 1.165) is 38.5 Å². The van der Waals surface area contributed by atoms with Crippen LogP contribution in [0.5, 0.6) is 0 Å². The second-order valence-corrected chi connectivity index (χ2v) is 13.6. The van der Waals surface area contributed by atoms with E-state index in [1.165, 1.54) is 11.1 Å². The first-order valence-electron chi connectivity index (χ1n) is 13.3. The molecule has 34 heavy (non-hydrogen) atoms. The number of rotatable bonds is 1. The number of fused-ring (bicyclic) bond motifs is 5. The van der Waals surface area contributed by atoms with Crippen LogP contribution in [-0.2, 0) is 14.3 Å². The molecule has 0 bridgehead atoms. The van der Waals surface area contributed by atoms with Gasteiger partial charge in [0.2, 0.25) is 5.78 Å². The lowest BCUT2D eigenvalue weighted by atomic mass is 9.65. The van der Waals surface area contributed by atoms with Gasteiger partial charge in [0.25, 0.3) is 0 Å². The Kier molecular flexibility index (Phi) is 5.32. The number of hydrogen-bond acceptors (Lipinski definition) is 3. The van der Waals surface area contributed by atoms with E-state index in [1.807, 2.05) is 6.92 Å². The number of carbonyl (C=O) groups is 2. The van der Waals surface area contributed by atoms with Gasteiger partial charge in [0, 0.05) is 23.7 Å². The maximum Gasteiger partial charge on any atom is 0.309 e. The molecule has 0 spiro atoms. The molecule has 4 aliphatic carbocycles. The molecule has 4 heteroatoms. The summed E-state index contributed by atoms with van der Waals surface area (Å²) in [7, 11) is 0. The Hall–Kier alpha value is -1.84. The average Bonchev–Trinajstić information content (AvgIpc) is 3.29. The van der Waals surface area contributed by atoms with Crippen LogP contribution in [-0.4, -0.2) is 22.5 Å². The third-order valence-electron chi connectivity index (χ3n) is 10.6. The lowest BCUT2D eigenvalue weighted by Crippen LogP contribution is -2.42. The topological polar surface area (TPSA) is 63.6 Å². The van der Waals surface area contributed by atoms with Crippen LogP contribution in [0.25, 0.3) is 0 Å². The molecule has 2 fully saturated rings. The number of carbonyl (C=O) groups excluding carboxylic acids is 1.